The Morgan fingerprint density at radius 1 is 0.540 bits per heavy atom. The number of fused-ring (bicyclic) bond motifs is 9. The first-order valence-corrected chi connectivity index (χ1v) is 21.3. The second kappa shape index (κ2) is 15.4. The van der Waals surface area contributed by atoms with Crippen LogP contribution in [0.3, 0.4) is 0 Å². The van der Waals surface area contributed by atoms with Gasteiger partial charge in [-0.1, -0.05) is 201 Å². The Kier molecular flexibility index (Phi) is 9.21. The van der Waals surface area contributed by atoms with Crippen molar-refractivity contribution < 1.29 is 0 Å². The number of aromatic nitrogens is 1. The lowest BCUT2D eigenvalue weighted by molar-refractivity contribution is 0.789. The number of amidine groups is 1. The Bertz CT molecular complexity index is 3400. The molecule has 0 N–H and O–H groups in total. The van der Waals surface area contributed by atoms with Crippen molar-refractivity contribution in [2.24, 2.45) is 15.0 Å². The van der Waals surface area contributed by atoms with Crippen LogP contribution in [0.2, 0.25) is 0 Å². The molecule has 1 atom stereocenters. The Hall–Kier alpha value is -8.21. The van der Waals surface area contributed by atoms with Gasteiger partial charge >= 0.3 is 0 Å². The first kappa shape index (κ1) is 37.8. The summed E-state index contributed by atoms with van der Waals surface area (Å²) in [5.74, 6) is 0.568. The number of allylic oxidation sites excluding steroid dienone is 3. The third-order valence-corrected chi connectivity index (χ3v) is 12.7. The maximum Gasteiger partial charge on any atom is 0.159 e. The maximum absolute atomic E-state index is 5.55. The summed E-state index contributed by atoms with van der Waals surface area (Å²) in [6.45, 7) is 10.7. The molecule has 0 saturated heterocycles. The van der Waals surface area contributed by atoms with E-state index >= 15 is 0 Å². The van der Waals surface area contributed by atoms with E-state index in [1.807, 2.05) is 54.6 Å². The number of nitrogens with zero attached hydrogens (tertiary/aromatic N) is 4. The number of para-hydroxylation sites is 3. The van der Waals surface area contributed by atoms with Crippen LogP contribution in [0.25, 0.3) is 50.0 Å². The van der Waals surface area contributed by atoms with Crippen molar-refractivity contribution in [3.8, 4) is 5.69 Å². The molecule has 4 heteroatoms. The Balaban J connectivity index is 1.16. The van der Waals surface area contributed by atoms with E-state index < -0.39 is 5.41 Å². The number of rotatable bonds is 8. The van der Waals surface area contributed by atoms with Gasteiger partial charge in [0, 0.05) is 33.0 Å². The Morgan fingerprint density at radius 2 is 1.13 bits per heavy atom. The molecule has 2 heterocycles. The van der Waals surface area contributed by atoms with Crippen molar-refractivity contribution in [3.63, 3.8) is 0 Å². The van der Waals surface area contributed by atoms with Gasteiger partial charge in [-0.15, -0.1) is 0 Å². The van der Waals surface area contributed by atoms with E-state index in [2.05, 4.69) is 188 Å². The molecule has 1 spiro atoms. The topological polar surface area (TPSA) is 42.0 Å². The predicted octanol–water partition coefficient (Wildman–Crippen LogP) is 14.0. The van der Waals surface area contributed by atoms with Crippen molar-refractivity contribution in [2.75, 3.05) is 0 Å². The van der Waals surface area contributed by atoms with Crippen LogP contribution in [0.1, 0.15) is 57.0 Å². The summed E-state index contributed by atoms with van der Waals surface area (Å²) in [5.41, 5.74) is 17.1. The summed E-state index contributed by atoms with van der Waals surface area (Å²) in [4.78, 5) is 15.3. The molecule has 11 rings (SSSR count). The van der Waals surface area contributed by atoms with Gasteiger partial charge in [0.2, 0.25) is 0 Å². The molecule has 1 unspecified atom stereocenters. The molecule has 1 aliphatic heterocycles. The Labute approximate surface area is 367 Å². The van der Waals surface area contributed by atoms with Gasteiger partial charge in [0.1, 0.15) is 0 Å². The van der Waals surface area contributed by atoms with Crippen LogP contribution in [0.15, 0.2) is 234 Å². The van der Waals surface area contributed by atoms with Crippen LogP contribution in [0, 0.1) is 0 Å². The van der Waals surface area contributed by atoms with Crippen LogP contribution in [-0.4, -0.2) is 22.8 Å². The summed E-state index contributed by atoms with van der Waals surface area (Å²) in [7, 11) is 0. The predicted molar refractivity (Wildman–Crippen MR) is 265 cm³/mol. The van der Waals surface area contributed by atoms with Gasteiger partial charge in [-0.2, -0.15) is 0 Å². The van der Waals surface area contributed by atoms with Crippen LogP contribution < -0.4 is 0 Å². The van der Waals surface area contributed by atoms with Gasteiger partial charge in [-0.05, 0) is 70.8 Å². The zero-order chi connectivity index (χ0) is 42.5. The molecule has 63 heavy (non-hydrogen) atoms. The maximum atomic E-state index is 5.55. The average molecular weight is 807 g/mol. The van der Waals surface area contributed by atoms with Crippen LogP contribution in [-0.2, 0) is 5.41 Å². The minimum absolute atomic E-state index is 0.568. The third kappa shape index (κ3) is 6.02. The number of hydrogen-bond donors (Lipinski definition) is 0. The second-order valence-electron chi connectivity index (χ2n) is 16.1. The van der Waals surface area contributed by atoms with E-state index in [1.165, 1.54) is 38.5 Å². The lowest BCUT2D eigenvalue weighted by Crippen LogP contribution is -2.34. The van der Waals surface area contributed by atoms with E-state index in [9.17, 15) is 0 Å². The largest absolute Gasteiger partial charge is 0.309 e. The minimum Gasteiger partial charge on any atom is -0.309 e. The van der Waals surface area contributed by atoms with E-state index in [4.69, 9.17) is 9.98 Å². The molecular formula is C59H42N4. The monoisotopic (exact) mass is 806 g/mol. The highest BCUT2D eigenvalue weighted by Gasteiger charge is 2.53. The van der Waals surface area contributed by atoms with Crippen LogP contribution in [0.5, 0.6) is 0 Å². The molecule has 0 radical (unpaired) electrons. The first-order chi connectivity index (χ1) is 31.1. The molecule has 0 fully saturated rings. The van der Waals surface area contributed by atoms with Gasteiger partial charge in [0.05, 0.1) is 39.2 Å². The molecule has 0 saturated carbocycles. The summed E-state index contributed by atoms with van der Waals surface area (Å²) in [6, 6.07) is 72.8. The first-order valence-electron chi connectivity index (χ1n) is 21.3. The van der Waals surface area contributed by atoms with E-state index in [-0.39, 0.29) is 0 Å². The third-order valence-electron chi connectivity index (χ3n) is 12.7. The molecule has 4 nitrogen and oxygen atoms in total. The van der Waals surface area contributed by atoms with Crippen LogP contribution >= 0.6 is 0 Å². The minimum atomic E-state index is -0.740. The SMILES string of the molecule is C=NC(=NC1=C(c2ccc(C(=C)N=C(/C=C(\C)c3ccccc3)c3ccccc3)cc2)C2(c3ccccc31)c1ccccc1-n1c3ccccc3c3cccc2c31)c1ccccc1. The fourth-order valence-electron chi connectivity index (χ4n) is 9.90. The van der Waals surface area contributed by atoms with Gasteiger partial charge in [-0.25, -0.2) is 15.0 Å². The molecule has 1 aromatic heterocycles. The van der Waals surface area contributed by atoms with Gasteiger partial charge < -0.3 is 4.57 Å². The number of hydrogen-bond acceptors (Lipinski definition) is 2. The second-order valence-corrected chi connectivity index (χ2v) is 16.1. The lowest BCUT2D eigenvalue weighted by Gasteiger charge is -2.41. The number of benzene rings is 8. The highest BCUT2D eigenvalue weighted by Crippen LogP contribution is 2.63. The van der Waals surface area contributed by atoms with E-state index in [0.29, 0.717) is 11.5 Å². The van der Waals surface area contributed by atoms with Gasteiger partial charge in [0.25, 0.3) is 0 Å². The highest BCUT2D eigenvalue weighted by atomic mass is 15.0. The van der Waals surface area contributed by atoms with Crippen molar-refractivity contribution in [2.45, 2.75) is 12.3 Å². The smallest absolute Gasteiger partial charge is 0.159 e. The van der Waals surface area contributed by atoms with Gasteiger partial charge in [-0.3, -0.25) is 0 Å². The molecule has 298 valence electrons. The molecule has 8 aromatic carbocycles. The van der Waals surface area contributed by atoms with Crippen molar-refractivity contribution in [1.29, 1.82) is 0 Å². The molecule has 0 bridgehead atoms. The molecule has 9 aromatic rings. The summed E-state index contributed by atoms with van der Waals surface area (Å²) in [6.07, 6.45) is 2.15. The Morgan fingerprint density at radius 3 is 1.86 bits per heavy atom. The van der Waals surface area contributed by atoms with E-state index in [0.717, 1.165) is 61.6 Å². The zero-order valence-corrected chi connectivity index (χ0v) is 34.9. The summed E-state index contributed by atoms with van der Waals surface area (Å²) < 4.78 is 2.46. The molecule has 0 amide bonds. The fourth-order valence-corrected chi connectivity index (χ4v) is 9.90. The normalized spacial score (nSPS) is 15.8. The standard InChI is InChI=1S/C59H42N4/c1-39(41-20-7-4-8-21-41)38-52(43-22-9-5-10-23-43)61-40(2)42-34-36-44(37-35-42)55-56(62-58(60-3)45-24-11-6-12-25-45)48-27-13-15-29-49(48)59(55)50-30-16-18-33-54(50)63-53-32-17-14-26-46(53)47-28-19-31-51(59)57(47)63/h4-38H,2-3H2,1H3/b39-38+,61-52?,62-58?. The average Bonchev–Trinajstić information content (AvgIpc) is 3.84. The quantitative estimate of drug-likeness (QED) is 0.108. The zero-order valence-electron chi connectivity index (χ0n) is 34.9. The number of aliphatic imine (C=N–C) groups is 3. The summed E-state index contributed by atoms with van der Waals surface area (Å²) >= 11 is 0. The van der Waals surface area contributed by atoms with Crippen molar-refractivity contribution in [1.82, 2.24) is 4.57 Å². The van der Waals surface area contributed by atoms with Crippen molar-refractivity contribution in [3.05, 3.63) is 269 Å². The van der Waals surface area contributed by atoms with Crippen LogP contribution in [0.4, 0.5) is 0 Å². The van der Waals surface area contributed by atoms with E-state index in [1.54, 1.807) is 0 Å². The van der Waals surface area contributed by atoms with Gasteiger partial charge in [0.15, 0.2) is 5.84 Å². The molecule has 1 aliphatic carbocycles. The summed E-state index contributed by atoms with van der Waals surface area (Å²) in [5, 5.41) is 2.45. The highest BCUT2D eigenvalue weighted by molar-refractivity contribution is 6.18. The molecular weight excluding hydrogens is 765 g/mol. The fraction of sp³-hybridized carbons (Fsp3) is 0.0339. The lowest BCUT2D eigenvalue weighted by atomic mass is 9.63. The van der Waals surface area contributed by atoms with Crippen molar-refractivity contribution >= 4 is 62.6 Å². The molecule has 2 aliphatic rings.